The van der Waals surface area contributed by atoms with Crippen molar-refractivity contribution in [3.05, 3.63) is 10.7 Å². The molecule has 0 fully saturated rings. The number of rotatable bonds is 3. The zero-order chi connectivity index (χ0) is 10.9. The van der Waals surface area contributed by atoms with Gasteiger partial charge in [-0.1, -0.05) is 25.4 Å². The Kier molecular flexibility index (Phi) is 3.43. The van der Waals surface area contributed by atoms with E-state index in [-0.39, 0.29) is 6.10 Å². The summed E-state index contributed by atoms with van der Waals surface area (Å²) in [5.41, 5.74) is 0.893. The van der Waals surface area contributed by atoms with E-state index in [1.165, 1.54) is 0 Å². The number of ether oxygens (including phenoxy) is 1. The fourth-order valence-corrected chi connectivity index (χ4v) is 1.65. The third kappa shape index (κ3) is 2.21. The Balaban J connectivity index is 3.05. The van der Waals surface area contributed by atoms with Crippen LogP contribution in [0.2, 0.25) is 5.02 Å². The number of aromatic nitrogens is 2. The third-order valence-corrected chi connectivity index (χ3v) is 2.21. The van der Waals surface area contributed by atoms with Crippen LogP contribution in [-0.2, 0) is 7.05 Å². The van der Waals surface area contributed by atoms with Gasteiger partial charge in [0.15, 0.2) is 0 Å². The number of halogens is 1. The van der Waals surface area contributed by atoms with Crippen molar-refractivity contribution in [2.75, 3.05) is 0 Å². The Morgan fingerprint density at radius 1 is 1.29 bits per heavy atom. The molecule has 1 heterocycles. The predicted octanol–water partition coefficient (Wildman–Crippen LogP) is 2.98. The minimum atomic E-state index is 0.114. The minimum Gasteiger partial charge on any atom is -0.474 e. The fraction of sp³-hybridized carbons (Fsp3) is 0.700. The van der Waals surface area contributed by atoms with Gasteiger partial charge in [0.2, 0.25) is 5.88 Å². The Hall–Kier alpha value is -0.700. The topological polar surface area (TPSA) is 27.1 Å². The second-order valence-corrected chi connectivity index (χ2v) is 4.33. The normalized spacial score (nSPS) is 11.4. The summed E-state index contributed by atoms with van der Waals surface area (Å²) >= 11 is 6.16. The molecule has 0 saturated carbocycles. The molecular formula is C10H17ClN2O. The minimum absolute atomic E-state index is 0.114. The van der Waals surface area contributed by atoms with Crippen LogP contribution >= 0.6 is 11.6 Å². The van der Waals surface area contributed by atoms with Crippen molar-refractivity contribution in [1.29, 1.82) is 0 Å². The van der Waals surface area contributed by atoms with Gasteiger partial charge in [-0.15, -0.1) is 0 Å². The maximum Gasteiger partial charge on any atom is 0.231 e. The largest absolute Gasteiger partial charge is 0.474 e. The van der Waals surface area contributed by atoms with Gasteiger partial charge in [0.25, 0.3) is 0 Å². The van der Waals surface area contributed by atoms with Crippen molar-refractivity contribution >= 4 is 11.6 Å². The molecule has 0 unspecified atom stereocenters. The molecule has 14 heavy (non-hydrogen) atoms. The molecule has 0 N–H and O–H groups in total. The highest BCUT2D eigenvalue weighted by Crippen LogP contribution is 2.32. The highest BCUT2D eigenvalue weighted by atomic mass is 35.5. The van der Waals surface area contributed by atoms with Crippen LogP contribution in [0.5, 0.6) is 5.88 Å². The Bertz CT molecular complexity index is 318. The average Bonchev–Trinajstić information content (AvgIpc) is 2.31. The van der Waals surface area contributed by atoms with Crippen LogP contribution in [-0.4, -0.2) is 15.9 Å². The zero-order valence-electron chi connectivity index (χ0n) is 9.34. The molecule has 0 amide bonds. The van der Waals surface area contributed by atoms with Crippen LogP contribution in [0, 0.1) is 0 Å². The molecule has 1 aromatic rings. The fourth-order valence-electron chi connectivity index (χ4n) is 1.22. The second-order valence-electron chi connectivity index (χ2n) is 3.95. The molecule has 1 rings (SSSR count). The van der Waals surface area contributed by atoms with Crippen molar-refractivity contribution in [2.24, 2.45) is 7.05 Å². The van der Waals surface area contributed by atoms with Gasteiger partial charge < -0.3 is 4.74 Å². The summed E-state index contributed by atoms with van der Waals surface area (Å²) in [5, 5.41) is 4.96. The van der Waals surface area contributed by atoms with E-state index in [2.05, 4.69) is 18.9 Å². The molecule has 0 aliphatic carbocycles. The Morgan fingerprint density at radius 2 is 1.86 bits per heavy atom. The quantitative estimate of drug-likeness (QED) is 0.777. The molecule has 80 valence electrons. The summed E-state index contributed by atoms with van der Waals surface area (Å²) < 4.78 is 7.27. The number of hydrogen-bond donors (Lipinski definition) is 0. The lowest BCUT2D eigenvalue weighted by Gasteiger charge is -2.09. The van der Waals surface area contributed by atoms with Crippen LogP contribution in [0.1, 0.15) is 39.3 Å². The molecule has 1 aromatic heterocycles. The van der Waals surface area contributed by atoms with Crippen LogP contribution in [0.4, 0.5) is 0 Å². The van der Waals surface area contributed by atoms with Crippen molar-refractivity contribution in [2.45, 2.75) is 39.7 Å². The average molecular weight is 217 g/mol. The number of nitrogens with zero attached hydrogens (tertiary/aromatic N) is 2. The molecule has 0 aliphatic heterocycles. The Labute approximate surface area is 90.0 Å². The van der Waals surface area contributed by atoms with Gasteiger partial charge in [-0.2, -0.15) is 5.10 Å². The van der Waals surface area contributed by atoms with Crippen molar-refractivity contribution in [3.8, 4) is 5.88 Å². The lowest BCUT2D eigenvalue weighted by Crippen LogP contribution is -2.09. The van der Waals surface area contributed by atoms with Gasteiger partial charge in [0.05, 0.1) is 11.8 Å². The van der Waals surface area contributed by atoms with E-state index in [1.807, 2.05) is 20.9 Å². The lowest BCUT2D eigenvalue weighted by atomic mass is 10.1. The SMILES string of the molecule is CC(C)Oc1c(Cl)c(C(C)C)nn1C. The molecular weight excluding hydrogens is 200 g/mol. The summed E-state index contributed by atoms with van der Waals surface area (Å²) in [6.07, 6.45) is 0.114. The highest BCUT2D eigenvalue weighted by molar-refractivity contribution is 6.32. The van der Waals surface area contributed by atoms with E-state index < -0.39 is 0 Å². The molecule has 4 heteroatoms. The summed E-state index contributed by atoms with van der Waals surface area (Å²) in [7, 11) is 1.84. The van der Waals surface area contributed by atoms with E-state index in [9.17, 15) is 0 Å². The van der Waals surface area contributed by atoms with E-state index in [4.69, 9.17) is 16.3 Å². The van der Waals surface area contributed by atoms with Crippen molar-refractivity contribution in [3.63, 3.8) is 0 Å². The first-order valence-electron chi connectivity index (χ1n) is 4.82. The monoisotopic (exact) mass is 216 g/mol. The summed E-state index contributed by atoms with van der Waals surface area (Å²) in [6, 6.07) is 0. The molecule has 0 spiro atoms. The first-order valence-corrected chi connectivity index (χ1v) is 5.20. The highest BCUT2D eigenvalue weighted by Gasteiger charge is 2.18. The van der Waals surface area contributed by atoms with Gasteiger partial charge in [-0.25, -0.2) is 4.68 Å². The van der Waals surface area contributed by atoms with Gasteiger partial charge in [-0.05, 0) is 19.8 Å². The molecule has 0 aromatic carbocycles. The number of hydrogen-bond acceptors (Lipinski definition) is 2. The molecule has 0 bridgehead atoms. The lowest BCUT2D eigenvalue weighted by molar-refractivity contribution is 0.221. The second kappa shape index (κ2) is 4.22. The zero-order valence-corrected chi connectivity index (χ0v) is 10.1. The van der Waals surface area contributed by atoms with E-state index >= 15 is 0 Å². The Morgan fingerprint density at radius 3 is 2.21 bits per heavy atom. The molecule has 0 aliphatic rings. The third-order valence-electron chi connectivity index (χ3n) is 1.86. The van der Waals surface area contributed by atoms with E-state index in [0.29, 0.717) is 16.8 Å². The van der Waals surface area contributed by atoms with Crippen LogP contribution in [0.25, 0.3) is 0 Å². The van der Waals surface area contributed by atoms with E-state index in [1.54, 1.807) is 4.68 Å². The molecule has 3 nitrogen and oxygen atoms in total. The summed E-state index contributed by atoms with van der Waals surface area (Å²) in [5.74, 6) is 0.976. The van der Waals surface area contributed by atoms with Gasteiger partial charge in [0, 0.05) is 7.05 Å². The maximum atomic E-state index is 6.16. The maximum absolute atomic E-state index is 6.16. The first kappa shape index (κ1) is 11.4. The molecule has 0 saturated heterocycles. The summed E-state index contributed by atoms with van der Waals surface area (Å²) in [4.78, 5) is 0. The van der Waals surface area contributed by atoms with Crippen LogP contribution in [0.3, 0.4) is 0 Å². The standard InChI is InChI=1S/C10H17ClN2O/c1-6(2)9-8(11)10(13(5)12-9)14-7(3)4/h6-7H,1-5H3. The predicted molar refractivity (Wildman–Crippen MR) is 58.1 cm³/mol. The van der Waals surface area contributed by atoms with Crippen molar-refractivity contribution < 1.29 is 4.74 Å². The number of aryl methyl sites for hydroxylation is 1. The molecule has 0 atom stereocenters. The first-order chi connectivity index (χ1) is 6.43. The van der Waals surface area contributed by atoms with Gasteiger partial charge in [0.1, 0.15) is 5.02 Å². The molecule has 0 radical (unpaired) electrons. The van der Waals surface area contributed by atoms with Gasteiger partial charge >= 0.3 is 0 Å². The van der Waals surface area contributed by atoms with Crippen molar-refractivity contribution in [1.82, 2.24) is 9.78 Å². The van der Waals surface area contributed by atoms with Gasteiger partial charge in [-0.3, -0.25) is 0 Å². The van der Waals surface area contributed by atoms with Crippen LogP contribution in [0.15, 0.2) is 0 Å². The van der Waals surface area contributed by atoms with E-state index in [0.717, 1.165) is 5.69 Å². The smallest absolute Gasteiger partial charge is 0.231 e. The van der Waals surface area contributed by atoms with Crippen LogP contribution < -0.4 is 4.74 Å². The summed E-state index contributed by atoms with van der Waals surface area (Å²) in [6.45, 7) is 8.07.